The van der Waals surface area contributed by atoms with E-state index in [9.17, 15) is 8.42 Å². The molecule has 0 radical (unpaired) electrons. The standard InChI is InChI=1S/C11H23NO3S/c1-2-16(13,14)10-8-12-7-6-11-5-3-4-9-15-11/h11-12H,2-10H2,1H3. The fourth-order valence-electron chi connectivity index (χ4n) is 1.80. The van der Waals surface area contributed by atoms with Crippen LogP contribution in [0.3, 0.4) is 0 Å². The van der Waals surface area contributed by atoms with Gasteiger partial charge in [-0.25, -0.2) is 8.42 Å². The minimum atomic E-state index is -2.82. The summed E-state index contributed by atoms with van der Waals surface area (Å²) >= 11 is 0. The second-order valence-electron chi connectivity index (χ2n) is 4.26. The molecule has 0 spiro atoms. The van der Waals surface area contributed by atoms with Gasteiger partial charge >= 0.3 is 0 Å². The zero-order valence-corrected chi connectivity index (χ0v) is 10.9. The van der Waals surface area contributed by atoms with E-state index in [1.54, 1.807) is 6.92 Å². The Morgan fingerprint density at radius 2 is 2.12 bits per heavy atom. The molecule has 0 bridgehead atoms. The van der Waals surface area contributed by atoms with Gasteiger partial charge in [-0.3, -0.25) is 0 Å². The molecule has 1 aliphatic rings. The van der Waals surface area contributed by atoms with E-state index in [0.29, 0.717) is 12.6 Å². The van der Waals surface area contributed by atoms with E-state index in [0.717, 1.165) is 26.0 Å². The Morgan fingerprint density at radius 3 is 2.75 bits per heavy atom. The average molecular weight is 249 g/mol. The second-order valence-corrected chi connectivity index (χ2v) is 6.74. The van der Waals surface area contributed by atoms with Crippen LogP contribution in [0.25, 0.3) is 0 Å². The Morgan fingerprint density at radius 1 is 1.31 bits per heavy atom. The Bertz CT molecular complexity index is 271. The van der Waals surface area contributed by atoms with Gasteiger partial charge in [0.15, 0.2) is 9.84 Å². The Balaban J connectivity index is 1.99. The van der Waals surface area contributed by atoms with Gasteiger partial charge in [-0.2, -0.15) is 0 Å². The van der Waals surface area contributed by atoms with Crippen molar-refractivity contribution >= 4 is 9.84 Å². The van der Waals surface area contributed by atoms with E-state index < -0.39 is 9.84 Å². The van der Waals surface area contributed by atoms with Crippen LogP contribution in [0, 0.1) is 0 Å². The molecule has 1 saturated heterocycles. The van der Waals surface area contributed by atoms with Crippen molar-refractivity contribution in [2.24, 2.45) is 0 Å². The molecule has 0 aliphatic carbocycles. The molecule has 0 aromatic carbocycles. The molecule has 0 amide bonds. The summed E-state index contributed by atoms with van der Waals surface area (Å²) in [7, 11) is -2.82. The summed E-state index contributed by atoms with van der Waals surface area (Å²) < 4.78 is 28.0. The molecule has 1 heterocycles. The van der Waals surface area contributed by atoms with Gasteiger partial charge in [0.1, 0.15) is 0 Å². The van der Waals surface area contributed by atoms with Crippen molar-refractivity contribution in [1.82, 2.24) is 5.32 Å². The van der Waals surface area contributed by atoms with Gasteiger partial charge in [-0.1, -0.05) is 6.92 Å². The van der Waals surface area contributed by atoms with Gasteiger partial charge in [0, 0.05) is 18.9 Å². The van der Waals surface area contributed by atoms with E-state index in [1.807, 2.05) is 0 Å². The van der Waals surface area contributed by atoms with Crippen LogP contribution in [0.15, 0.2) is 0 Å². The molecular formula is C11H23NO3S. The highest BCUT2D eigenvalue weighted by molar-refractivity contribution is 7.91. The number of hydrogen-bond acceptors (Lipinski definition) is 4. The number of rotatable bonds is 7. The molecule has 16 heavy (non-hydrogen) atoms. The molecule has 1 N–H and O–H groups in total. The van der Waals surface area contributed by atoms with Crippen LogP contribution >= 0.6 is 0 Å². The first-order chi connectivity index (χ1) is 7.64. The third-order valence-corrected chi connectivity index (χ3v) is 4.65. The Hall–Kier alpha value is -0.130. The summed E-state index contributed by atoms with van der Waals surface area (Å²) in [6, 6.07) is 0. The predicted octanol–water partition coefficient (Wildman–Crippen LogP) is 0.970. The lowest BCUT2D eigenvalue weighted by Gasteiger charge is -2.22. The van der Waals surface area contributed by atoms with Crippen molar-refractivity contribution in [1.29, 1.82) is 0 Å². The molecule has 1 atom stereocenters. The van der Waals surface area contributed by atoms with E-state index >= 15 is 0 Å². The maximum atomic E-state index is 11.2. The molecule has 4 nitrogen and oxygen atoms in total. The first kappa shape index (κ1) is 13.9. The zero-order chi connectivity index (χ0) is 11.9. The molecule has 0 saturated carbocycles. The maximum absolute atomic E-state index is 11.2. The predicted molar refractivity (Wildman–Crippen MR) is 65.4 cm³/mol. The third kappa shape index (κ3) is 5.82. The molecule has 1 aliphatic heterocycles. The van der Waals surface area contributed by atoms with Crippen LogP contribution in [-0.2, 0) is 14.6 Å². The highest BCUT2D eigenvalue weighted by atomic mass is 32.2. The molecule has 5 heteroatoms. The summed E-state index contributed by atoms with van der Waals surface area (Å²) in [5.41, 5.74) is 0. The fourth-order valence-corrected chi connectivity index (χ4v) is 2.54. The third-order valence-electron chi connectivity index (χ3n) is 2.95. The van der Waals surface area contributed by atoms with Gasteiger partial charge in [0.05, 0.1) is 11.9 Å². The fraction of sp³-hybridized carbons (Fsp3) is 1.00. The first-order valence-corrected chi connectivity index (χ1v) is 7.99. The number of hydrogen-bond donors (Lipinski definition) is 1. The second kappa shape index (κ2) is 7.25. The SMILES string of the molecule is CCS(=O)(=O)CCNCCC1CCCCO1. The van der Waals surface area contributed by atoms with Crippen molar-refractivity contribution in [2.75, 3.05) is 31.2 Å². The van der Waals surface area contributed by atoms with Gasteiger partial charge < -0.3 is 10.1 Å². The van der Waals surface area contributed by atoms with Crippen molar-refractivity contribution < 1.29 is 13.2 Å². The number of sulfone groups is 1. The zero-order valence-electron chi connectivity index (χ0n) is 10.1. The van der Waals surface area contributed by atoms with Gasteiger partial charge in [-0.05, 0) is 32.2 Å². The molecule has 1 rings (SSSR count). The first-order valence-electron chi connectivity index (χ1n) is 6.17. The van der Waals surface area contributed by atoms with Crippen molar-refractivity contribution in [2.45, 2.75) is 38.7 Å². The highest BCUT2D eigenvalue weighted by Crippen LogP contribution is 2.14. The van der Waals surface area contributed by atoms with Gasteiger partial charge in [0.25, 0.3) is 0 Å². The molecule has 0 aromatic heterocycles. The smallest absolute Gasteiger partial charge is 0.151 e. The van der Waals surface area contributed by atoms with Crippen LogP contribution in [0.1, 0.15) is 32.6 Å². The molecule has 1 fully saturated rings. The van der Waals surface area contributed by atoms with Crippen molar-refractivity contribution in [3.8, 4) is 0 Å². The molecule has 1 unspecified atom stereocenters. The van der Waals surface area contributed by atoms with Crippen LogP contribution in [0.2, 0.25) is 0 Å². The van der Waals surface area contributed by atoms with Gasteiger partial charge in [-0.15, -0.1) is 0 Å². The molecule has 96 valence electrons. The lowest BCUT2D eigenvalue weighted by atomic mass is 10.1. The largest absolute Gasteiger partial charge is 0.378 e. The summed E-state index contributed by atoms with van der Waals surface area (Å²) in [4.78, 5) is 0. The normalized spacial score (nSPS) is 22.2. The average Bonchev–Trinajstić information content (AvgIpc) is 2.30. The van der Waals surface area contributed by atoms with Crippen LogP contribution in [-0.4, -0.2) is 45.7 Å². The van der Waals surface area contributed by atoms with Gasteiger partial charge in [0.2, 0.25) is 0 Å². The van der Waals surface area contributed by atoms with Crippen LogP contribution in [0.5, 0.6) is 0 Å². The number of nitrogens with one attached hydrogen (secondary N) is 1. The molecule has 0 aromatic rings. The van der Waals surface area contributed by atoms with E-state index in [4.69, 9.17) is 4.74 Å². The van der Waals surface area contributed by atoms with E-state index in [-0.39, 0.29) is 11.5 Å². The summed E-state index contributed by atoms with van der Waals surface area (Å²) in [5, 5.41) is 3.16. The minimum absolute atomic E-state index is 0.237. The molecular weight excluding hydrogens is 226 g/mol. The topological polar surface area (TPSA) is 55.4 Å². The lowest BCUT2D eigenvalue weighted by Crippen LogP contribution is -2.28. The monoisotopic (exact) mass is 249 g/mol. The van der Waals surface area contributed by atoms with E-state index in [1.165, 1.54) is 12.8 Å². The van der Waals surface area contributed by atoms with Crippen LogP contribution in [0.4, 0.5) is 0 Å². The van der Waals surface area contributed by atoms with Crippen molar-refractivity contribution in [3.63, 3.8) is 0 Å². The quantitative estimate of drug-likeness (QED) is 0.683. The minimum Gasteiger partial charge on any atom is -0.378 e. The Labute approximate surface area is 98.7 Å². The number of ether oxygens (including phenoxy) is 1. The van der Waals surface area contributed by atoms with E-state index in [2.05, 4.69) is 5.32 Å². The maximum Gasteiger partial charge on any atom is 0.151 e. The summed E-state index contributed by atoms with van der Waals surface area (Å²) in [5.74, 6) is 0.482. The summed E-state index contributed by atoms with van der Waals surface area (Å²) in [6.07, 6.45) is 4.96. The highest BCUT2D eigenvalue weighted by Gasteiger charge is 2.13. The lowest BCUT2D eigenvalue weighted by molar-refractivity contribution is 0.0117. The Kier molecular flexibility index (Phi) is 6.31. The summed E-state index contributed by atoms with van der Waals surface area (Å²) in [6.45, 7) is 3.98. The van der Waals surface area contributed by atoms with Crippen LogP contribution < -0.4 is 5.32 Å². The van der Waals surface area contributed by atoms with Crippen molar-refractivity contribution in [3.05, 3.63) is 0 Å².